The highest BCUT2D eigenvalue weighted by Gasteiger charge is 2.37. The zero-order valence-corrected chi connectivity index (χ0v) is 9.25. The fourth-order valence-electron chi connectivity index (χ4n) is 1.60. The van der Waals surface area contributed by atoms with Crippen molar-refractivity contribution < 1.29 is 13.2 Å². The number of carbonyl (C=O) groups is 1. The molecule has 0 bridgehead atoms. The zero-order chi connectivity index (χ0) is 10.9. The van der Waals surface area contributed by atoms with Gasteiger partial charge in [-0.05, 0) is 19.9 Å². The van der Waals surface area contributed by atoms with Crippen molar-refractivity contribution in [1.29, 1.82) is 0 Å². The van der Waals surface area contributed by atoms with Crippen molar-refractivity contribution in [2.45, 2.75) is 25.1 Å². The van der Waals surface area contributed by atoms with Crippen molar-refractivity contribution in [2.75, 3.05) is 12.3 Å². The first-order chi connectivity index (χ1) is 6.40. The highest BCUT2D eigenvalue weighted by atomic mass is 32.2. The fourth-order valence-corrected chi connectivity index (χ4v) is 3.17. The Morgan fingerprint density at radius 3 is 2.57 bits per heavy atom. The summed E-state index contributed by atoms with van der Waals surface area (Å²) in [6, 6.07) is -0.265. The van der Waals surface area contributed by atoms with E-state index in [-0.39, 0.29) is 24.2 Å². The number of carbonyl (C=O) groups excluding carboxylic acids is 1. The Hall–Kier alpha value is -0.840. The molecule has 80 valence electrons. The number of hydrogen-bond donors (Lipinski definition) is 0. The molecule has 0 radical (unpaired) electrons. The highest BCUT2D eigenvalue weighted by Crippen LogP contribution is 2.19. The Labute approximate surface area is 84.5 Å². The highest BCUT2D eigenvalue weighted by molar-refractivity contribution is 7.92. The summed E-state index contributed by atoms with van der Waals surface area (Å²) < 4.78 is 23.0. The van der Waals surface area contributed by atoms with E-state index < -0.39 is 15.1 Å². The molecule has 0 N–H and O–H groups in total. The van der Waals surface area contributed by atoms with Crippen molar-refractivity contribution in [1.82, 2.24) is 4.90 Å². The van der Waals surface area contributed by atoms with Gasteiger partial charge in [0.1, 0.15) is 0 Å². The molecule has 0 spiro atoms. The quantitative estimate of drug-likeness (QED) is 0.590. The van der Waals surface area contributed by atoms with Gasteiger partial charge in [0, 0.05) is 12.6 Å². The summed E-state index contributed by atoms with van der Waals surface area (Å²) in [5.74, 6) is -0.141. The van der Waals surface area contributed by atoms with E-state index in [2.05, 4.69) is 6.58 Å². The standard InChI is InChI=1S/C9H15NO3S/c1-4-9(11)10-5-6-14(12,13)8(3)7(10)2/h4,7-8H,1,5-6H2,2-3H3. The maximum Gasteiger partial charge on any atom is 0.246 e. The van der Waals surface area contributed by atoms with Crippen LogP contribution in [0.5, 0.6) is 0 Å². The molecule has 5 heteroatoms. The van der Waals surface area contributed by atoms with E-state index >= 15 is 0 Å². The molecule has 0 aliphatic carbocycles. The van der Waals surface area contributed by atoms with E-state index in [4.69, 9.17) is 0 Å². The van der Waals surface area contributed by atoms with Gasteiger partial charge in [-0.1, -0.05) is 6.58 Å². The summed E-state index contributed by atoms with van der Waals surface area (Å²) in [7, 11) is -3.01. The zero-order valence-electron chi connectivity index (χ0n) is 8.43. The Morgan fingerprint density at radius 1 is 1.50 bits per heavy atom. The first-order valence-electron chi connectivity index (χ1n) is 4.54. The minimum Gasteiger partial charge on any atom is -0.334 e. The van der Waals surface area contributed by atoms with Crippen LogP contribution in [0.2, 0.25) is 0 Å². The molecule has 0 aromatic heterocycles. The Kier molecular flexibility index (Phi) is 2.99. The molecule has 14 heavy (non-hydrogen) atoms. The fraction of sp³-hybridized carbons (Fsp3) is 0.667. The lowest BCUT2D eigenvalue weighted by Crippen LogP contribution is -2.53. The Morgan fingerprint density at radius 2 is 2.07 bits per heavy atom. The summed E-state index contributed by atoms with van der Waals surface area (Å²) in [5.41, 5.74) is 0. The van der Waals surface area contributed by atoms with Gasteiger partial charge in [0.25, 0.3) is 0 Å². The minimum absolute atomic E-state index is 0.0537. The van der Waals surface area contributed by atoms with Crippen LogP contribution in [0.1, 0.15) is 13.8 Å². The summed E-state index contributed by atoms with van der Waals surface area (Å²) in [5, 5.41) is -0.486. The van der Waals surface area contributed by atoms with Crippen LogP contribution in [0.25, 0.3) is 0 Å². The van der Waals surface area contributed by atoms with Crippen molar-refractivity contribution in [2.24, 2.45) is 0 Å². The van der Waals surface area contributed by atoms with Crippen molar-refractivity contribution in [3.05, 3.63) is 12.7 Å². The third kappa shape index (κ3) is 1.82. The van der Waals surface area contributed by atoms with Gasteiger partial charge in [0.15, 0.2) is 9.84 Å². The lowest BCUT2D eigenvalue weighted by molar-refractivity contribution is -0.127. The van der Waals surface area contributed by atoms with E-state index in [0.29, 0.717) is 0 Å². The second-order valence-corrected chi connectivity index (χ2v) is 6.03. The number of hydrogen-bond acceptors (Lipinski definition) is 3. The van der Waals surface area contributed by atoms with Gasteiger partial charge in [0.05, 0.1) is 11.0 Å². The van der Waals surface area contributed by atoms with Crippen molar-refractivity contribution in [3.63, 3.8) is 0 Å². The molecular weight excluding hydrogens is 202 g/mol. The van der Waals surface area contributed by atoms with Crippen LogP contribution < -0.4 is 0 Å². The summed E-state index contributed by atoms with van der Waals surface area (Å²) in [6.07, 6.45) is 1.22. The number of sulfone groups is 1. The topological polar surface area (TPSA) is 54.5 Å². The molecule has 0 aromatic rings. The van der Waals surface area contributed by atoms with Crippen LogP contribution in [-0.2, 0) is 14.6 Å². The molecule has 2 unspecified atom stereocenters. The van der Waals surface area contributed by atoms with Gasteiger partial charge >= 0.3 is 0 Å². The van der Waals surface area contributed by atoms with Gasteiger partial charge in [-0.3, -0.25) is 4.79 Å². The second-order valence-electron chi connectivity index (χ2n) is 3.55. The average molecular weight is 217 g/mol. The van der Waals surface area contributed by atoms with E-state index in [1.807, 2.05) is 0 Å². The van der Waals surface area contributed by atoms with E-state index in [1.54, 1.807) is 18.7 Å². The van der Waals surface area contributed by atoms with Crippen LogP contribution >= 0.6 is 0 Å². The maximum atomic E-state index is 11.5. The molecule has 1 aliphatic rings. The molecule has 1 heterocycles. The summed E-state index contributed by atoms with van der Waals surface area (Å²) in [6.45, 7) is 7.06. The summed E-state index contributed by atoms with van der Waals surface area (Å²) in [4.78, 5) is 12.9. The van der Waals surface area contributed by atoms with Crippen LogP contribution in [0.15, 0.2) is 12.7 Å². The van der Waals surface area contributed by atoms with Gasteiger partial charge in [-0.15, -0.1) is 0 Å². The average Bonchev–Trinajstić information content (AvgIpc) is 2.14. The summed E-state index contributed by atoms with van der Waals surface area (Å²) >= 11 is 0. The van der Waals surface area contributed by atoms with Crippen LogP contribution in [0, 0.1) is 0 Å². The van der Waals surface area contributed by atoms with E-state index in [1.165, 1.54) is 6.08 Å². The Bertz CT molecular complexity index is 347. The number of nitrogens with zero attached hydrogens (tertiary/aromatic N) is 1. The smallest absolute Gasteiger partial charge is 0.246 e. The third-order valence-electron chi connectivity index (χ3n) is 2.81. The largest absolute Gasteiger partial charge is 0.334 e. The van der Waals surface area contributed by atoms with E-state index in [0.717, 1.165) is 0 Å². The molecule has 0 aromatic carbocycles. The molecule has 1 saturated heterocycles. The molecule has 1 rings (SSSR count). The van der Waals surface area contributed by atoms with Crippen LogP contribution in [0.4, 0.5) is 0 Å². The molecule has 2 atom stereocenters. The molecule has 1 fully saturated rings. The molecular formula is C9H15NO3S. The normalized spacial score (nSPS) is 31.1. The van der Waals surface area contributed by atoms with Crippen molar-refractivity contribution >= 4 is 15.7 Å². The van der Waals surface area contributed by atoms with Gasteiger partial charge < -0.3 is 4.90 Å². The minimum atomic E-state index is -3.01. The SMILES string of the molecule is C=CC(=O)N1CCS(=O)(=O)C(C)C1C. The van der Waals surface area contributed by atoms with Crippen molar-refractivity contribution in [3.8, 4) is 0 Å². The number of rotatable bonds is 1. The lowest BCUT2D eigenvalue weighted by Gasteiger charge is -2.36. The second kappa shape index (κ2) is 3.73. The monoisotopic (exact) mass is 217 g/mol. The number of amides is 1. The van der Waals surface area contributed by atoms with Gasteiger partial charge in [-0.2, -0.15) is 0 Å². The molecule has 4 nitrogen and oxygen atoms in total. The molecule has 1 aliphatic heterocycles. The maximum absolute atomic E-state index is 11.5. The third-order valence-corrected chi connectivity index (χ3v) is 5.09. The lowest BCUT2D eigenvalue weighted by atomic mass is 10.2. The Balaban J connectivity index is 2.90. The van der Waals surface area contributed by atoms with Crippen LogP contribution in [0.3, 0.4) is 0 Å². The van der Waals surface area contributed by atoms with E-state index in [9.17, 15) is 13.2 Å². The molecule has 1 amide bonds. The first-order valence-corrected chi connectivity index (χ1v) is 6.26. The van der Waals surface area contributed by atoms with Crippen LogP contribution in [-0.4, -0.2) is 42.8 Å². The predicted molar refractivity (Wildman–Crippen MR) is 54.6 cm³/mol. The molecule has 0 saturated carbocycles. The predicted octanol–water partition coefficient (Wildman–Crippen LogP) is 0.206. The van der Waals surface area contributed by atoms with Gasteiger partial charge in [-0.25, -0.2) is 8.42 Å². The first kappa shape index (κ1) is 11.2. The van der Waals surface area contributed by atoms with Gasteiger partial charge in [0.2, 0.25) is 5.91 Å².